The van der Waals surface area contributed by atoms with E-state index in [2.05, 4.69) is 114 Å². The molecule has 2 heterocycles. The number of hydrogen-bond acceptors (Lipinski definition) is 5. The second-order valence-electron chi connectivity index (χ2n) is 13.3. The number of aliphatic imine (C=N–C) groups is 1. The minimum atomic E-state index is 0.613. The van der Waals surface area contributed by atoms with E-state index < -0.39 is 0 Å². The molecule has 0 radical (unpaired) electrons. The smallest absolute Gasteiger partial charge is 0.164 e. The van der Waals surface area contributed by atoms with Gasteiger partial charge in [-0.2, -0.15) is 5.26 Å². The number of dihydropyridines is 1. The second-order valence-corrected chi connectivity index (χ2v) is 13.3. The minimum Gasteiger partial charge on any atom is -0.284 e. The normalized spacial score (nSPS) is 12.3. The maximum absolute atomic E-state index is 10.1. The van der Waals surface area contributed by atoms with Crippen molar-refractivity contribution in [2.45, 2.75) is 6.42 Å². The van der Waals surface area contributed by atoms with Crippen LogP contribution >= 0.6 is 0 Å². The molecule has 0 saturated heterocycles. The van der Waals surface area contributed by atoms with Crippen LogP contribution in [0.5, 0.6) is 0 Å². The van der Waals surface area contributed by atoms with E-state index in [1.165, 1.54) is 0 Å². The summed E-state index contributed by atoms with van der Waals surface area (Å²) in [5, 5.41) is 12.3. The molecule has 9 rings (SSSR count). The van der Waals surface area contributed by atoms with E-state index in [1.54, 1.807) is 0 Å². The number of aromatic nitrogens is 3. The van der Waals surface area contributed by atoms with Crippen molar-refractivity contribution in [2.75, 3.05) is 6.54 Å². The summed E-state index contributed by atoms with van der Waals surface area (Å²) < 4.78 is 0. The van der Waals surface area contributed by atoms with Gasteiger partial charge in [0.15, 0.2) is 17.5 Å². The van der Waals surface area contributed by atoms with E-state index in [0.29, 0.717) is 23.0 Å². The van der Waals surface area contributed by atoms with Crippen LogP contribution in [-0.2, 0) is 0 Å². The highest BCUT2D eigenvalue weighted by Gasteiger charge is 2.16. The Kier molecular flexibility index (Phi) is 8.68. The van der Waals surface area contributed by atoms with Gasteiger partial charge in [-0.15, -0.1) is 0 Å². The fourth-order valence-corrected chi connectivity index (χ4v) is 7.11. The van der Waals surface area contributed by atoms with Gasteiger partial charge in [0.05, 0.1) is 17.3 Å². The predicted octanol–water partition coefficient (Wildman–Crippen LogP) is 11.6. The van der Waals surface area contributed by atoms with E-state index in [9.17, 15) is 5.26 Å². The van der Waals surface area contributed by atoms with Crippen molar-refractivity contribution in [3.05, 3.63) is 187 Å². The Morgan fingerprint density at radius 1 is 0.426 bits per heavy atom. The molecule has 1 aliphatic heterocycles. The molecule has 7 aromatic carbocycles. The topological polar surface area (TPSA) is 74.8 Å². The van der Waals surface area contributed by atoms with Crippen LogP contribution in [0.15, 0.2) is 181 Å². The van der Waals surface area contributed by atoms with Crippen LogP contribution in [0.3, 0.4) is 0 Å². The molecule has 0 aliphatic carbocycles. The maximum atomic E-state index is 10.1. The number of hydrogen-bond donors (Lipinski definition) is 0. The monoisotopic (exact) mass is 691 g/mol. The van der Waals surface area contributed by atoms with Crippen molar-refractivity contribution in [3.8, 4) is 73.6 Å². The molecule has 0 bridgehead atoms. The number of fused-ring (bicyclic) bond motifs is 1. The summed E-state index contributed by atoms with van der Waals surface area (Å²) in [6.07, 6.45) is 5.25. The number of nitrogens with zero attached hydrogens (tertiary/aromatic N) is 5. The first-order valence-corrected chi connectivity index (χ1v) is 18.1. The van der Waals surface area contributed by atoms with E-state index >= 15 is 0 Å². The largest absolute Gasteiger partial charge is 0.284 e. The summed E-state index contributed by atoms with van der Waals surface area (Å²) in [5.74, 6) is 1.87. The van der Waals surface area contributed by atoms with E-state index in [1.807, 2.05) is 72.8 Å². The van der Waals surface area contributed by atoms with Gasteiger partial charge in [0.2, 0.25) is 0 Å². The molecule has 0 atom stereocenters. The highest BCUT2D eigenvalue weighted by atomic mass is 15.0. The third-order valence-corrected chi connectivity index (χ3v) is 9.80. The SMILES string of the molecule is N#Cc1cc(-c2ccc(C3=NCCC=C3)cc2)cc(-c2ccc(-c3cccc(-c4nc(-c5ccccc5)nc(-c5ccccc5)n4)c3)c3ccccc23)c1. The third kappa shape index (κ3) is 6.49. The van der Waals surface area contributed by atoms with Crippen LogP contribution < -0.4 is 0 Å². The molecule has 1 aliphatic rings. The lowest BCUT2D eigenvalue weighted by atomic mass is 9.89. The lowest BCUT2D eigenvalue weighted by Gasteiger charge is -2.15. The van der Waals surface area contributed by atoms with Crippen LogP contribution in [0, 0.1) is 11.3 Å². The van der Waals surface area contributed by atoms with Crippen molar-refractivity contribution in [3.63, 3.8) is 0 Å². The maximum Gasteiger partial charge on any atom is 0.164 e. The average molecular weight is 692 g/mol. The quantitative estimate of drug-likeness (QED) is 0.167. The Bertz CT molecular complexity index is 2700. The average Bonchev–Trinajstić information content (AvgIpc) is 3.26. The zero-order valence-electron chi connectivity index (χ0n) is 29.4. The molecule has 8 aromatic rings. The summed E-state index contributed by atoms with van der Waals surface area (Å²) >= 11 is 0. The Labute approximate surface area is 314 Å². The van der Waals surface area contributed by atoms with E-state index in [-0.39, 0.29) is 0 Å². The lowest BCUT2D eigenvalue weighted by Crippen LogP contribution is -2.01. The molecule has 0 spiro atoms. The summed E-state index contributed by atoms with van der Waals surface area (Å²) in [6, 6.07) is 58.3. The van der Waals surface area contributed by atoms with Gasteiger partial charge in [-0.1, -0.05) is 146 Å². The van der Waals surface area contributed by atoms with Crippen molar-refractivity contribution in [1.29, 1.82) is 5.26 Å². The van der Waals surface area contributed by atoms with Gasteiger partial charge >= 0.3 is 0 Å². The van der Waals surface area contributed by atoms with E-state index in [0.717, 1.165) is 85.1 Å². The molecule has 1 aromatic heterocycles. The molecule has 0 saturated carbocycles. The molecule has 0 N–H and O–H groups in total. The first-order valence-electron chi connectivity index (χ1n) is 18.1. The Balaban J connectivity index is 1.11. The van der Waals surface area contributed by atoms with Crippen LogP contribution in [0.2, 0.25) is 0 Å². The minimum absolute atomic E-state index is 0.613. The highest BCUT2D eigenvalue weighted by Crippen LogP contribution is 2.38. The van der Waals surface area contributed by atoms with Crippen molar-refractivity contribution in [1.82, 2.24) is 15.0 Å². The molecule has 54 heavy (non-hydrogen) atoms. The number of benzene rings is 7. The fraction of sp³-hybridized carbons (Fsp3) is 0.0408. The van der Waals surface area contributed by atoms with Crippen LogP contribution in [0.1, 0.15) is 17.5 Å². The first-order chi connectivity index (χ1) is 26.7. The van der Waals surface area contributed by atoms with Gasteiger partial charge < -0.3 is 0 Å². The van der Waals surface area contributed by atoms with Crippen molar-refractivity contribution < 1.29 is 0 Å². The molecular formula is C49H33N5. The highest BCUT2D eigenvalue weighted by molar-refractivity contribution is 6.09. The summed E-state index contributed by atoms with van der Waals surface area (Å²) in [6.45, 7) is 0.823. The zero-order valence-corrected chi connectivity index (χ0v) is 29.4. The number of rotatable bonds is 7. The second kappa shape index (κ2) is 14.4. The number of allylic oxidation sites excluding steroid dienone is 1. The molecule has 254 valence electrons. The Hall–Kier alpha value is -7.29. The molecule has 0 unspecified atom stereocenters. The predicted molar refractivity (Wildman–Crippen MR) is 220 cm³/mol. The van der Waals surface area contributed by atoms with Crippen molar-refractivity contribution >= 4 is 16.5 Å². The molecule has 5 nitrogen and oxygen atoms in total. The van der Waals surface area contributed by atoms with Gasteiger partial charge in [0.25, 0.3) is 0 Å². The van der Waals surface area contributed by atoms with Gasteiger partial charge in [0, 0.05) is 23.2 Å². The molecule has 0 amide bonds. The van der Waals surface area contributed by atoms with Crippen LogP contribution in [0.25, 0.3) is 78.3 Å². The lowest BCUT2D eigenvalue weighted by molar-refractivity contribution is 0.994. The zero-order chi connectivity index (χ0) is 36.3. The third-order valence-electron chi connectivity index (χ3n) is 9.80. The first kappa shape index (κ1) is 32.6. The molecule has 0 fully saturated rings. The van der Waals surface area contributed by atoms with Crippen LogP contribution in [0.4, 0.5) is 0 Å². The van der Waals surface area contributed by atoms with Gasteiger partial charge in [0.1, 0.15) is 0 Å². The standard InChI is InChI=1S/C49H33N5/c50-32-33-28-40(34-21-23-35(24-22-34)46-20-9-10-27-51-46)31-41(29-33)43-26-25-42(44-18-7-8-19-45(43)44)38-16-11-17-39(30-38)49-53-47(36-12-3-1-4-13-36)52-48(54-49)37-14-5-2-6-15-37/h1-9,11-26,28-31H,10,27H2. The summed E-state index contributed by atoms with van der Waals surface area (Å²) in [5.41, 5.74) is 11.8. The van der Waals surface area contributed by atoms with E-state index in [4.69, 9.17) is 15.0 Å². The Morgan fingerprint density at radius 3 is 1.56 bits per heavy atom. The number of nitriles is 1. The Morgan fingerprint density at radius 2 is 0.944 bits per heavy atom. The summed E-state index contributed by atoms with van der Waals surface area (Å²) in [4.78, 5) is 19.5. The van der Waals surface area contributed by atoms with Gasteiger partial charge in [-0.05, 0) is 86.5 Å². The van der Waals surface area contributed by atoms with Crippen molar-refractivity contribution in [2.24, 2.45) is 4.99 Å². The fourth-order valence-electron chi connectivity index (χ4n) is 7.11. The summed E-state index contributed by atoms with van der Waals surface area (Å²) in [7, 11) is 0. The molecular weight excluding hydrogens is 659 g/mol. The van der Waals surface area contributed by atoms with Gasteiger partial charge in [-0.25, -0.2) is 15.0 Å². The molecule has 5 heteroatoms. The van der Waals surface area contributed by atoms with Crippen LogP contribution in [-0.4, -0.2) is 27.2 Å². The van der Waals surface area contributed by atoms with Gasteiger partial charge in [-0.3, -0.25) is 4.99 Å².